The van der Waals surface area contributed by atoms with Crippen LogP contribution in [0.1, 0.15) is 10.4 Å². The fourth-order valence-corrected chi connectivity index (χ4v) is 2.65. The molecule has 0 fully saturated rings. The normalized spacial score (nSPS) is 10.5. The summed E-state index contributed by atoms with van der Waals surface area (Å²) < 4.78 is 6.57. The van der Waals surface area contributed by atoms with E-state index in [1.165, 1.54) is 42.8 Å². The largest absolute Gasteiger partial charge is 0.494 e. The van der Waals surface area contributed by atoms with Crippen LogP contribution in [0.4, 0.5) is 5.69 Å². The Morgan fingerprint density at radius 3 is 2.54 bits per heavy atom. The van der Waals surface area contributed by atoms with Crippen LogP contribution in [0.15, 0.2) is 43.1 Å². The van der Waals surface area contributed by atoms with Crippen molar-refractivity contribution in [3.05, 3.63) is 58.7 Å². The van der Waals surface area contributed by atoms with Gasteiger partial charge in [0.25, 0.3) is 5.91 Å². The molecule has 0 bridgehead atoms. The highest BCUT2D eigenvalue weighted by molar-refractivity contribution is 6.37. The van der Waals surface area contributed by atoms with E-state index in [-0.39, 0.29) is 16.0 Å². The van der Waals surface area contributed by atoms with Crippen molar-refractivity contribution in [1.82, 2.24) is 19.7 Å². The van der Waals surface area contributed by atoms with Crippen LogP contribution in [0.5, 0.6) is 5.75 Å². The minimum absolute atomic E-state index is 0.259. The number of aromatic nitrogens is 4. The lowest BCUT2D eigenvalue weighted by Gasteiger charge is -2.09. The van der Waals surface area contributed by atoms with Gasteiger partial charge in [0, 0.05) is 5.56 Å². The number of benzene rings is 1. The van der Waals surface area contributed by atoms with E-state index in [1.54, 1.807) is 12.1 Å². The van der Waals surface area contributed by atoms with Crippen LogP contribution in [0, 0.1) is 0 Å². The van der Waals surface area contributed by atoms with Gasteiger partial charge in [0.1, 0.15) is 12.7 Å². The summed E-state index contributed by atoms with van der Waals surface area (Å²) in [5.41, 5.74) is 0.832. The van der Waals surface area contributed by atoms with Gasteiger partial charge in [-0.2, -0.15) is 5.10 Å². The van der Waals surface area contributed by atoms with Crippen molar-refractivity contribution in [1.29, 1.82) is 0 Å². The predicted molar refractivity (Wildman–Crippen MR) is 90.1 cm³/mol. The molecule has 0 atom stereocenters. The molecule has 122 valence electrons. The number of pyridine rings is 1. The summed E-state index contributed by atoms with van der Waals surface area (Å²) in [5.74, 6) is 0.548. The zero-order valence-corrected chi connectivity index (χ0v) is 13.9. The molecule has 1 aromatic carbocycles. The van der Waals surface area contributed by atoms with Crippen LogP contribution in [0.3, 0.4) is 0 Å². The molecule has 0 aliphatic rings. The third-order valence-corrected chi connectivity index (χ3v) is 3.69. The van der Waals surface area contributed by atoms with Gasteiger partial charge in [-0.3, -0.25) is 4.79 Å². The second kappa shape index (κ2) is 6.86. The molecule has 3 rings (SSSR count). The molecule has 7 nitrogen and oxygen atoms in total. The predicted octanol–water partition coefficient (Wildman–Crippen LogP) is 3.23. The fraction of sp³-hybridized carbons (Fsp3) is 0.0667. The molecule has 2 heterocycles. The summed E-state index contributed by atoms with van der Waals surface area (Å²) in [5, 5.41) is 7.21. The van der Waals surface area contributed by atoms with Crippen molar-refractivity contribution in [3.63, 3.8) is 0 Å². The lowest BCUT2D eigenvalue weighted by Crippen LogP contribution is -2.12. The van der Waals surface area contributed by atoms with Crippen LogP contribution < -0.4 is 10.1 Å². The van der Waals surface area contributed by atoms with Crippen molar-refractivity contribution in [2.24, 2.45) is 0 Å². The summed E-state index contributed by atoms with van der Waals surface area (Å²) >= 11 is 12.1. The first-order valence-corrected chi connectivity index (χ1v) is 7.49. The molecule has 3 aromatic rings. The smallest absolute Gasteiger partial charge is 0.255 e. The average Bonchev–Trinajstić information content (AvgIpc) is 3.09. The van der Waals surface area contributed by atoms with E-state index in [0.717, 1.165) is 0 Å². The number of nitrogens with one attached hydrogen (secondary N) is 1. The standard InChI is InChI=1S/C15H11Cl2N5O2/c1-24-14-11(16)4-9(5-12(14)17)15(23)21-10-2-3-13(19-6-10)22-8-18-7-20-22/h2-8H,1H3,(H,21,23). The minimum Gasteiger partial charge on any atom is -0.494 e. The first kappa shape index (κ1) is 16.2. The van der Waals surface area contributed by atoms with Gasteiger partial charge in [0.2, 0.25) is 0 Å². The third kappa shape index (κ3) is 3.32. The van der Waals surface area contributed by atoms with Gasteiger partial charge in [0.15, 0.2) is 11.6 Å². The SMILES string of the molecule is COc1c(Cl)cc(C(=O)Nc2ccc(-n3cncn3)nc2)cc1Cl. The van der Waals surface area contributed by atoms with E-state index in [0.29, 0.717) is 22.8 Å². The van der Waals surface area contributed by atoms with E-state index >= 15 is 0 Å². The third-order valence-electron chi connectivity index (χ3n) is 3.12. The Hall–Kier alpha value is -2.64. The zero-order valence-electron chi connectivity index (χ0n) is 12.4. The maximum atomic E-state index is 12.3. The Bertz CT molecular complexity index is 843. The fourth-order valence-electron chi connectivity index (χ4n) is 2.01. The Kier molecular flexibility index (Phi) is 4.64. The summed E-state index contributed by atoms with van der Waals surface area (Å²) in [7, 11) is 1.45. The van der Waals surface area contributed by atoms with Gasteiger partial charge in [-0.05, 0) is 24.3 Å². The zero-order chi connectivity index (χ0) is 17.1. The molecule has 1 N–H and O–H groups in total. The molecule has 0 unspecified atom stereocenters. The highest BCUT2D eigenvalue weighted by atomic mass is 35.5. The van der Waals surface area contributed by atoms with Gasteiger partial charge in [-0.15, -0.1) is 0 Å². The number of anilines is 1. The second-order valence-corrected chi connectivity index (χ2v) is 5.49. The Morgan fingerprint density at radius 1 is 1.25 bits per heavy atom. The van der Waals surface area contributed by atoms with Crippen molar-refractivity contribution < 1.29 is 9.53 Å². The summed E-state index contributed by atoms with van der Waals surface area (Å²) in [6, 6.07) is 6.38. The highest BCUT2D eigenvalue weighted by Crippen LogP contribution is 2.34. The molecule has 9 heteroatoms. The number of carbonyl (C=O) groups excluding carboxylic acids is 1. The van der Waals surface area contributed by atoms with Gasteiger partial charge < -0.3 is 10.1 Å². The lowest BCUT2D eigenvalue weighted by atomic mass is 10.2. The molecule has 0 radical (unpaired) electrons. The topological polar surface area (TPSA) is 81.9 Å². The van der Waals surface area contributed by atoms with Crippen LogP contribution >= 0.6 is 23.2 Å². The highest BCUT2D eigenvalue weighted by Gasteiger charge is 2.14. The van der Waals surface area contributed by atoms with Crippen molar-refractivity contribution in [2.45, 2.75) is 0 Å². The van der Waals surface area contributed by atoms with E-state index in [1.807, 2.05) is 0 Å². The molecule has 24 heavy (non-hydrogen) atoms. The van der Waals surface area contributed by atoms with Crippen molar-refractivity contribution >= 4 is 34.8 Å². The number of methoxy groups -OCH3 is 1. The van der Waals surface area contributed by atoms with Crippen LogP contribution in [-0.4, -0.2) is 32.8 Å². The van der Waals surface area contributed by atoms with Crippen LogP contribution in [0.25, 0.3) is 5.82 Å². The number of ether oxygens (including phenoxy) is 1. The maximum Gasteiger partial charge on any atom is 0.255 e. The van der Waals surface area contributed by atoms with Crippen molar-refractivity contribution in [3.8, 4) is 11.6 Å². The number of carbonyl (C=O) groups is 1. The number of rotatable bonds is 4. The van der Waals surface area contributed by atoms with Crippen LogP contribution in [0.2, 0.25) is 10.0 Å². The van der Waals surface area contributed by atoms with Gasteiger partial charge in [-0.1, -0.05) is 23.2 Å². The molecule has 1 amide bonds. The molecule has 0 spiro atoms. The molecule has 0 saturated heterocycles. The maximum absolute atomic E-state index is 12.3. The Balaban J connectivity index is 1.77. The molecule has 0 aliphatic heterocycles. The van der Waals surface area contributed by atoms with E-state index in [4.69, 9.17) is 27.9 Å². The average molecular weight is 364 g/mol. The van der Waals surface area contributed by atoms with Crippen molar-refractivity contribution in [2.75, 3.05) is 12.4 Å². The first-order chi connectivity index (χ1) is 11.6. The summed E-state index contributed by atoms with van der Waals surface area (Å²) in [6.45, 7) is 0. The van der Waals surface area contributed by atoms with Gasteiger partial charge in [0.05, 0.1) is 29.0 Å². The van der Waals surface area contributed by atoms with E-state index < -0.39 is 0 Å². The molecule has 0 aliphatic carbocycles. The first-order valence-electron chi connectivity index (χ1n) is 6.74. The minimum atomic E-state index is -0.364. The van der Waals surface area contributed by atoms with E-state index in [2.05, 4.69) is 20.4 Å². The second-order valence-electron chi connectivity index (χ2n) is 4.67. The Morgan fingerprint density at radius 2 is 2.00 bits per heavy atom. The monoisotopic (exact) mass is 363 g/mol. The summed E-state index contributed by atoms with van der Waals surface area (Å²) in [6.07, 6.45) is 4.46. The number of hydrogen-bond acceptors (Lipinski definition) is 5. The number of nitrogens with zero attached hydrogens (tertiary/aromatic N) is 4. The Labute approximate surface area is 147 Å². The number of amides is 1. The van der Waals surface area contributed by atoms with E-state index in [9.17, 15) is 4.79 Å². The molecule has 2 aromatic heterocycles. The molecular weight excluding hydrogens is 353 g/mol. The number of hydrogen-bond donors (Lipinski definition) is 1. The quantitative estimate of drug-likeness (QED) is 0.769. The lowest BCUT2D eigenvalue weighted by molar-refractivity contribution is 0.102. The van der Waals surface area contributed by atoms with Gasteiger partial charge >= 0.3 is 0 Å². The molecular formula is C15H11Cl2N5O2. The molecule has 0 saturated carbocycles. The summed E-state index contributed by atoms with van der Waals surface area (Å²) in [4.78, 5) is 20.4. The van der Waals surface area contributed by atoms with Crippen LogP contribution in [-0.2, 0) is 0 Å². The van der Waals surface area contributed by atoms with Gasteiger partial charge in [-0.25, -0.2) is 14.6 Å². The number of halogens is 2.